The van der Waals surface area contributed by atoms with Gasteiger partial charge in [0.25, 0.3) is 0 Å². The van der Waals surface area contributed by atoms with E-state index in [0.29, 0.717) is 5.75 Å². The Labute approximate surface area is 91.3 Å². The van der Waals surface area contributed by atoms with Crippen LogP contribution in [-0.4, -0.2) is 17.2 Å². The highest BCUT2D eigenvalue weighted by Crippen LogP contribution is 2.30. The third-order valence-corrected chi connectivity index (χ3v) is 3.53. The monoisotopic (exact) mass is 205 g/mol. The van der Waals surface area contributed by atoms with Crippen molar-refractivity contribution in [2.45, 2.75) is 38.1 Å². The van der Waals surface area contributed by atoms with Gasteiger partial charge in [-0.25, -0.2) is 0 Å². The van der Waals surface area contributed by atoms with Crippen molar-refractivity contribution in [2.24, 2.45) is 0 Å². The first-order valence-corrected chi connectivity index (χ1v) is 5.78. The molecule has 2 N–H and O–H groups in total. The molecule has 2 nitrogen and oxygen atoms in total. The molecule has 0 aliphatic carbocycles. The van der Waals surface area contributed by atoms with Crippen molar-refractivity contribution in [1.82, 2.24) is 5.32 Å². The van der Waals surface area contributed by atoms with Crippen LogP contribution in [0.5, 0.6) is 5.75 Å². The molecular formula is C13H19NO. The van der Waals surface area contributed by atoms with E-state index in [2.05, 4.69) is 12.2 Å². The number of hydrogen-bond acceptors (Lipinski definition) is 2. The van der Waals surface area contributed by atoms with Gasteiger partial charge in [0.2, 0.25) is 0 Å². The van der Waals surface area contributed by atoms with E-state index >= 15 is 0 Å². The van der Waals surface area contributed by atoms with Crippen LogP contribution in [0.2, 0.25) is 0 Å². The minimum Gasteiger partial charge on any atom is -0.508 e. The zero-order chi connectivity index (χ0) is 10.7. The van der Waals surface area contributed by atoms with Gasteiger partial charge >= 0.3 is 0 Å². The molecule has 15 heavy (non-hydrogen) atoms. The second kappa shape index (κ2) is 4.23. The molecule has 0 saturated carbocycles. The normalized spacial score (nSPS) is 25.7. The summed E-state index contributed by atoms with van der Waals surface area (Å²) in [5, 5.41) is 13.3. The Kier molecular flexibility index (Phi) is 2.96. The molecule has 0 spiro atoms. The summed E-state index contributed by atoms with van der Waals surface area (Å²) < 4.78 is 0. The third kappa shape index (κ3) is 2.15. The minimum absolute atomic E-state index is 0.221. The average Bonchev–Trinajstić information content (AvgIpc) is 2.71. The second-order valence-electron chi connectivity index (χ2n) is 4.47. The summed E-state index contributed by atoms with van der Waals surface area (Å²) >= 11 is 0. The molecule has 1 aromatic rings. The van der Waals surface area contributed by atoms with Crippen molar-refractivity contribution >= 4 is 0 Å². The van der Waals surface area contributed by atoms with Crippen molar-refractivity contribution in [2.75, 3.05) is 6.54 Å². The van der Waals surface area contributed by atoms with Crippen LogP contribution in [0.3, 0.4) is 0 Å². The van der Waals surface area contributed by atoms with Crippen LogP contribution in [0.1, 0.15) is 31.7 Å². The van der Waals surface area contributed by atoms with Crippen LogP contribution in [0, 0.1) is 0 Å². The first-order chi connectivity index (χ1) is 7.26. The Balaban J connectivity index is 2.16. The maximum atomic E-state index is 9.75. The molecule has 1 fully saturated rings. The minimum atomic E-state index is 0.221. The van der Waals surface area contributed by atoms with E-state index in [-0.39, 0.29) is 5.54 Å². The van der Waals surface area contributed by atoms with E-state index in [4.69, 9.17) is 0 Å². The standard InChI is InChI=1S/C13H19NO/c1-2-13(8-5-9-14-13)10-11-6-3-4-7-12(11)15/h3-4,6-7,14-15H,2,5,8-10H2,1H3. The van der Waals surface area contributed by atoms with Crippen molar-refractivity contribution < 1.29 is 5.11 Å². The van der Waals surface area contributed by atoms with Gasteiger partial charge in [0.1, 0.15) is 5.75 Å². The Morgan fingerprint density at radius 1 is 1.40 bits per heavy atom. The van der Waals surface area contributed by atoms with Crippen LogP contribution in [-0.2, 0) is 6.42 Å². The maximum Gasteiger partial charge on any atom is 0.118 e. The van der Waals surface area contributed by atoms with E-state index in [9.17, 15) is 5.11 Å². The predicted octanol–water partition coefficient (Wildman–Crippen LogP) is 2.47. The van der Waals surface area contributed by atoms with Crippen LogP contribution in [0.25, 0.3) is 0 Å². The summed E-state index contributed by atoms with van der Waals surface area (Å²) in [7, 11) is 0. The fraction of sp³-hybridized carbons (Fsp3) is 0.538. The van der Waals surface area contributed by atoms with Gasteiger partial charge in [0.15, 0.2) is 0 Å². The predicted molar refractivity (Wildman–Crippen MR) is 62.1 cm³/mol. The Hall–Kier alpha value is -1.02. The zero-order valence-corrected chi connectivity index (χ0v) is 9.29. The molecule has 1 atom stereocenters. The zero-order valence-electron chi connectivity index (χ0n) is 9.29. The van der Waals surface area contributed by atoms with Crippen molar-refractivity contribution in [3.05, 3.63) is 29.8 Å². The molecule has 1 unspecified atom stereocenters. The fourth-order valence-electron chi connectivity index (χ4n) is 2.47. The summed E-state index contributed by atoms with van der Waals surface area (Å²) in [5.74, 6) is 0.430. The first-order valence-electron chi connectivity index (χ1n) is 5.78. The van der Waals surface area contributed by atoms with E-state index in [1.807, 2.05) is 18.2 Å². The lowest BCUT2D eigenvalue weighted by Gasteiger charge is -2.28. The van der Waals surface area contributed by atoms with Crippen molar-refractivity contribution in [1.29, 1.82) is 0 Å². The highest BCUT2D eigenvalue weighted by atomic mass is 16.3. The largest absolute Gasteiger partial charge is 0.508 e. The third-order valence-electron chi connectivity index (χ3n) is 3.53. The smallest absolute Gasteiger partial charge is 0.118 e. The number of benzene rings is 1. The summed E-state index contributed by atoms with van der Waals surface area (Å²) in [5.41, 5.74) is 1.28. The maximum absolute atomic E-state index is 9.75. The molecule has 1 aliphatic heterocycles. The van der Waals surface area contributed by atoms with Crippen LogP contribution in [0.4, 0.5) is 0 Å². The van der Waals surface area contributed by atoms with E-state index in [1.165, 1.54) is 12.8 Å². The second-order valence-corrected chi connectivity index (χ2v) is 4.47. The lowest BCUT2D eigenvalue weighted by atomic mass is 9.86. The van der Waals surface area contributed by atoms with Gasteiger partial charge in [0.05, 0.1) is 0 Å². The topological polar surface area (TPSA) is 32.3 Å². The highest BCUT2D eigenvalue weighted by molar-refractivity contribution is 5.33. The molecular weight excluding hydrogens is 186 g/mol. The number of rotatable bonds is 3. The Bertz CT molecular complexity index is 329. The van der Waals surface area contributed by atoms with Gasteiger partial charge in [-0.15, -0.1) is 0 Å². The molecule has 0 amide bonds. The van der Waals surface area contributed by atoms with Crippen LogP contribution < -0.4 is 5.32 Å². The van der Waals surface area contributed by atoms with E-state index in [1.54, 1.807) is 6.07 Å². The Morgan fingerprint density at radius 3 is 2.80 bits per heavy atom. The molecule has 82 valence electrons. The number of aromatic hydroxyl groups is 1. The van der Waals surface area contributed by atoms with Crippen LogP contribution in [0.15, 0.2) is 24.3 Å². The summed E-state index contributed by atoms with van der Waals surface area (Å²) in [6.45, 7) is 3.33. The molecule has 0 radical (unpaired) electrons. The van der Waals surface area contributed by atoms with Crippen LogP contribution >= 0.6 is 0 Å². The molecule has 0 bridgehead atoms. The van der Waals surface area contributed by atoms with Crippen molar-refractivity contribution in [3.8, 4) is 5.75 Å². The molecule has 2 rings (SSSR count). The molecule has 2 heteroatoms. The lowest BCUT2D eigenvalue weighted by molar-refractivity contribution is 0.352. The molecule has 1 aliphatic rings. The van der Waals surface area contributed by atoms with Gasteiger partial charge in [-0.3, -0.25) is 0 Å². The number of para-hydroxylation sites is 1. The molecule has 1 saturated heterocycles. The number of nitrogens with one attached hydrogen (secondary N) is 1. The lowest BCUT2D eigenvalue weighted by Crippen LogP contribution is -2.41. The van der Waals surface area contributed by atoms with Gasteiger partial charge in [-0.05, 0) is 43.9 Å². The van der Waals surface area contributed by atoms with E-state index in [0.717, 1.165) is 24.9 Å². The number of phenols is 1. The van der Waals surface area contributed by atoms with E-state index < -0.39 is 0 Å². The number of phenolic OH excluding ortho intramolecular Hbond substituents is 1. The number of hydrogen-bond donors (Lipinski definition) is 2. The molecule has 1 heterocycles. The van der Waals surface area contributed by atoms with Gasteiger partial charge in [0, 0.05) is 5.54 Å². The fourth-order valence-corrected chi connectivity index (χ4v) is 2.47. The Morgan fingerprint density at radius 2 is 2.20 bits per heavy atom. The van der Waals surface area contributed by atoms with Gasteiger partial charge < -0.3 is 10.4 Å². The summed E-state index contributed by atoms with van der Waals surface area (Å²) in [6, 6.07) is 7.66. The summed E-state index contributed by atoms with van der Waals surface area (Å²) in [6.07, 6.45) is 4.54. The van der Waals surface area contributed by atoms with Gasteiger partial charge in [-0.1, -0.05) is 25.1 Å². The van der Waals surface area contributed by atoms with Crippen molar-refractivity contribution in [3.63, 3.8) is 0 Å². The molecule has 0 aromatic heterocycles. The SMILES string of the molecule is CCC1(Cc2ccccc2O)CCCN1. The quantitative estimate of drug-likeness (QED) is 0.794. The first kappa shape index (κ1) is 10.5. The highest BCUT2D eigenvalue weighted by Gasteiger charge is 2.31. The van der Waals surface area contributed by atoms with Gasteiger partial charge in [-0.2, -0.15) is 0 Å². The average molecular weight is 205 g/mol. The summed E-state index contributed by atoms with van der Waals surface area (Å²) in [4.78, 5) is 0. The molecule has 1 aromatic carbocycles.